The van der Waals surface area contributed by atoms with E-state index in [0.29, 0.717) is 17.0 Å². The van der Waals surface area contributed by atoms with E-state index in [1.165, 1.54) is 0 Å². The maximum atomic E-state index is 10.6. The second-order valence-electron chi connectivity index (χ2n) is 3.66. The van der Waals surface area contributed by atoms with Gasteiger partial charge in [-0.25, -0.2) is 0 Å². The zero-order valence-corrected chi connectivity index (χ0v) is 10.2. The molecule has 0 aliphatic carbocycles. The van der Waals surface area contributed by atoms with Gasteiger partial charge in [-0.05, 0) is 17.7 Å². The standard InChI is InChI=1S/C13H12N2O2S/c14-13(10-5-2-1-3-6-10)11-7-4-8-12(9-11)15-18(16)17/h1-9,14-15H,(H,16,17)/p-1. The average molecular weight is 259 g/mol. The zero-order chi connectivity index (χ0) is 13.0. The lowest BCUT2D eigenvalue weighted by Gasteiger charge is -2.10. The first-order chi connectivity index (χ1) is 8.66. The largest absolute Gasteiger partial charge is 0.755 e. The number of hydrogen-bond donors (Lipinski definition) is 2. The fourth-order valence-corrected chi connectivity index (χ4v) is 1.93. The van der Waals surface area contributed by atoms with Gasteiger partial charge in [0.25, 0.3) is 0 Å². The van der Waals surface area contributed by atoms with Crippen LogP contribution < -0.4 is 4.72 Å². The molecule has 18 heavy (non-hydrogen) atoms. The highest BCUT2D eigenvalue weighted by Crippen LogP contribution is 2.15. The van der Waals surface area contributed by atoms with Gasteiger partial charge in [0, 0.05) is 22.5 Å². The van der Waals surface area contributed by atoms with Gasteiger partial charge in [0.2, 0.25) is 0 Å². The van der Waals surface area contributed by atoms with Crippen molar-refractivity contribution in [3.8, 4) is 0 Å². The van der Waals surface area contributed by atoms with Crippen molar-refractivity contribution in [2.24, 2.45) is 0 Å². The van der Waals surface area contributed by atoms with Crippen LogP contribution in [0.1, 0.15) is 11.1 Å². The van der Waals surface area contributed by atoms with Crippen molar-refractivity contribution in [3.63, 3.8) is 0 Å². The second kappa shape index (κ2) is 5.57. The van der Waals surface area contributed by atoms with Crippen LogP contribution in [0.2, 0.25) is 0 Å². The van der Waals surface area contributed by atoms with Gasteiger partial charge in [0.15, 0.2) is 0 Å². The van der Waals surface area contributed by atoms with Gasteiger partial charge in [0.05, 0.1) is 5.71 Å². The summed E-state index contributed by atoms with van der Waals surface area (Å²) >= 11 is -2.35. The zero-order valence-electron chi connectivity index (χ0n) is 9.42. The summed E-state index contributed by atoms with van der Waals surface area (Å²) in [6.45, 7) is 0. The molecule has 4 nitrogen and oxygen atoms in total. The van der Waals surface area contributed by atoms with E-state index in [9.17, 15) is 8.76 Å². The first-order valence-corrected chi connectivity index (χ1v) is 6.34. The van der Waals surface area contributed by atoms with Gasteiger partial charge in [0.1, 0.15) is 0 Å². The summed E-state index contributed by atoms with van der Waals surface area (Å²) in [6.07, 6.45) is 0. The minimum Gasteiger partial charge on any atom is -0.755 e. The number of nitrogens with one attached hydrogen (secondary N) is 2. The molecule has 1 unspecified atom stereocenters. The van der Waals surface area contributed by atoms with Crippen molar-refractivity contribution in [1.82, 2.24) is 0 Å². The van der Waals surface area contributed by atoms with Crippen LogP contribution in [0.15, 0.2) is 54.6 Å². The maximum Gasteiger partial charge on any atom is 0.0685 e. The monoisotopic (exact) mass is 259 g/mol. The smallest absolute Gasteiger partial charge is 0.0685 e. The molecule has 0 amide bonds. The van der Waals surface area contributed by atoms with Gasteiger partial charge in [-0.1, -0.05) is 42.5 Å². The fraction of sp³-hybridized carbons (Fsp3) is 0. The van der Waals surface area contributed by atoms with Crippen LogP contribution >= 0.6 is 0 Å². The van der Waals surface area contributed by atoms with Gasteiger partial charge in [-0.3, -0.25) is 9.62 Å². The molecule has 2 aromatic carbocycles. The van der Waals surface area contributed by atoms with Crippen LogP contribution in [-0.4, -0.2) is 14.5 Å². The maximum absolute atomic E-state index is 10.6. The van der Waals surface area contributed by atoms with Gasteiger partial charge < -0.3 is 9.27 Å². The summed E-state index contributed by atoms with van der Waals surface area (Å²) < 4.78 is 23.4. The predicted molar refractivity (Wildman–Crippen MR) is 71.4 cm³/mol. The highest BCUT2D eigenvalue weighted by Gasteiger charge is 2.04. The van der Waals surface area contributed by atoms with E-state index in [4.69, 9.17) is 5.41 Å². The van der Waals surface area contributed by atoms with Crippen molar-refractivity contribution in [2.75, 3.05) is 4.72 Å². The molecule has 0 radical (unpaired) electrons. The Hall–Kier alpha value is -1.98. The minimum atomic E-state index is -2.35. The molecule has 0 aromatic heterocycles. The summed E-state index contributed by atoms with van der Waals surface area (Å²) in [6, 6.07) is 16.0. The highest BCUT2D eigenvalue weighted by atomic mass is 32.2. The highest BCUT2D eigenvalue weighted by molar-refractivity contribution is 7.80. The molecule has 0 fully saturated rings. The lowest BCUT2D eigenvalue weighted by molar-refractivity contribution is 0.542. The Morgan fingerprint density at radius 3 is 2.39 bits per heavy atom. The Morgan fingerprint density at radius 2 is 1.72 bits per heavy atom. The summed E-state index contributed by atoms with van der Waals surface area (Å²) in [7, 11) is 0. The number of anilines is 1. The summed E-state index contributed by atoms with van der Waals surface area (Å²) in [5, 5.41) is 8.07. The third kappa shape index (κ3) is 3.03. The van der Waals surface area contributed by atoms with Gasteiger partial charge in [-0.15, -0.1) is 0 Å². The molecule has 0 saturated carbocycles. The van der Waals surface area contributed by atoms with E-state index in [1.807, 2.05) is 30.3 Å². The third-order valence-corrected chi connectivity index (χ3v) is 2.82. The Bertz CT molecular complexity index is 585. The van der Waals surface area contributed by atoms with Crippen molar-refractivity contribution < 1.29 is 8.76 Å². The number of hydrogen-bond acceptors (Lipinski definition) is 3. The van der Waals surface area contributed by atoms with E-state index in [-0.39, 0.29) is 0 Å². The molecule has 1 atom stereocenters. The molecule has 0 bridgehead atoms. The van der Waals surface area contributed by atoms with E-state index in [0.717, 1.165) is 5.56 Å². The molecule has 0 heterocycles. The van der Waals surface area contributed by atoms with Crippen LogP contribution in [0.4, 0.5) is 5.69 Å². The fourth-order valence-electron chi connectivity index (χ4n) is 1.61. The molecule has 2 aromatic rings. The Kier molecular flexibility index (Phi) is 3.86. The molecular weight excluding hydrogens is 248 g/mol. The van der Waals surface area contributed by atoms with Crippen molar-refractivity contribution in [1.29, 1.82) is 5.41 Å². The Labute approximate surface area is 108 Å². The summed E-state index contributed by atoms with van der Waals surface area (Å²) in [5.74, 6) is 0. The van der Waals surface area contributed by atoms with Crippen molar-refractivity contribution >= 4 is 22.7 Å². The summed E-state index contributed by atoms with van der Waals surface area (Å²) in [4.78, 5) is 0. The van der Waals surface area contributed by atoms with Crippen molar-refractivity contribution in [2.45, 2.75) is 0 Å². The van der Waals surface area contributed by atoms with Crippen LogP contribution in [-0.2, 0) is 11.3 Å². The molecule has 0 saturated heterocycles. The molecule has 2 rings (SSSR count). The normalized spacial score (nSPS) is 11.8. The predicted octanol–water partition coefficient (Wildman–Crippen LogP) is 2.31. The van der Waals surface area contributed by atoms with Gasteiger partial charge >= 0.3 is 0 Å². The number of benzene rings is 2. The first-order valence-electron chi connectivity index (χ1n) is 5.27. The quantitative estimate of drug-likeness (QED) is 0.653. The average Bonchev–Trinajstić information content (AvgIpc) is 2.38. The Morgan fingerprint density at radius 1 is 1.06 bits per heavy atom. The molecule has 2 N–H and O–H groups in total. The molecule has 0 spiro atoms. The topological polar surface area (TPSA) is 76.0 Å². The van der Waals surface area contributed by atoms with E-state index in [2.05, 4.69) is 4.72 Å². The van der Waals surface area contributed by atoms with Crippen molar-refractivity contribution in [3.05, 3.63) is 65.7 Å². The Balaban J connectivity index is 2.29. The third-order valence-electron chi connectivity index (χ3n) is 2.41. The molecular formula is C13H11N2O2S-. The number of rotatable bonds is 4. The first kappa shape index (κ1) is 12.5. The van der Waals surface area contributed by atoms with Crippen LogP contribution in [0.3, 0.4) is 0 Å². The molecule has 0 aliphatic rings. The second-order valence-corrected chi connectivity index (χ2v) is 4.33. The summed E-state index contributed by atoms with van der Waals surface area (Å²) in [5.41, 5.74) is 2.26. The molecule has 92 valence electrons. The van der Waals surface area contributed by atoms with E-state index < -0.39 is 11.3 Å². The SMILES string of the molecule is N=C(c1ccccc1)c1cccc(NS(=O)[O-])c1. The van der Waals surface area contributed by atoms with Crippen LogP contribution in [0, 0.1) is 5.41 Å². The van der Waals surface area contributed by atoms with E-state index >= 15 is 0 Å². The van der Waals surface area contributed by atoms with Crippen LogP contribution in [0.25, 0.3) is 0 Å². The van der Waals surface area contributed by atoms with E-state index in [1.54, 1.807) is 24.3 Å². The van der Waals surface area contributed by atoms with Gasteiger partial charge in [-0.2, -0.15) is 0 Å². The lowest BCUT2D eigenvalue weighted by Crippen LogP contribution is -2.05. The lowest BCUT2D eigenvalue weighted by atomic mass is 10.0. The van der Waals surface area contributed by atoms with Crippen LogP contribution in [0.5, 0.6) is 0 Å². The molecule has 0 aliphatic heterocycles. The minimum absolute atomic E-state index is 0.357. The molecule has 5 heteroatoms.